The van der Waals surface area contributed by atoms with Crippen LogP contribution in [-0.2, 0) is 16.0 Å². The molecule has 0 aliphatic rings. The molecule has 6 heteroatoms. The number of pyridine rings is 1. The van der Waals surface area contributed by atoms with Crippen molar-refractivity contribution in [2.75, 3.05) is 25.6 Å². The number of ether oxygens (including phenoxy) is 1. The van der Waals surface area contributed by atoms with Crippen LogP contribution in [0.4, 0.5) is 5.69 Å². The molecule has 98 valence electrons. The molecule has 0 bridgehead atoms. The lowest BCUT2D eigenvalue weighted by molar-refractivity contribution is -0.142. The summed E-state index contributed by atoms with van der Waals surface area (Å²) in [6, 6.07) is 1.49. The standard InChI is InChI=1S/C12H16N2O4/c1-4-18-11(15)6-10-9(12(16)17)5-8(7-13-10)14(2)3/h5,7H,4,6H2,1-3H3,(H,16,17). The van der Waals surface area contributed by atoms with Crippen LogP contribution >= 0.6 is 0 Å². The summed E-state index contributed by atoms with van der Waals surface area (Å²) in [5.41, 5.74) is 0.904. The third kappa shape index (κ3) is 3.44. The lowest BCUT2D eigenvalue weighted by Crippen LogP contribution is -2.16. The van der Waals surface area contributed by atoms with Gasteiger partial charge in [-0.05, 0) is 13.0 Å². The minimum absolute atomic E-state index is 0.0225. The second kappa shape index (κ2) is 6.00. The highest BCUT2D eigenvalue weighted by atomic mass is 16.5. The maximum atomic E-state index is 11.3. The molecule has 1 aromatic rings. The zero-order valence-electron chi connectivity index (χ0n) is 10.6. The fourth-order valence-corrected chi connectivity index (χ4v) is 1.40. The first kappa shape index (κ1) is 14.0. The van der Waals surface area contributed by atoms with E-state index in [2.05, 4.69) is 4.98 Å². The number of aromatic nitrogens is 1. The van der Waals surface area contributed by atoms with Gasteiger partial charge in [0.15, 0.2) is 0 Å². The zero-order chi connectivity index (χ0) is 13.7. The predicted octanol–water partition coefficient (Wildman–Crippen LogP) is 0.951. The van der Waals surface area contributed by atoms with Gasteiger partial charge in [-0.2, -0.15) is 0 Å². The zero-order valence-corrected chi connectivity index (χ0v) is 10.6. The van der Waals surface area contributed by atoms with Crippen LogP contribution in [0.3, 0.4) is 0 Å². The molecule has 1 aromatic heterocycles. The van der Waals surface area contributed by atoms with Gasteiger partial charge in [0.1, 0.15) is 0 Å². The molecule has 0 aliphatic carbocycles. The fraction of sp³-hybridized carbons (Fsp3) is 0.417. The van der Waals surface area contributed by atoms with Gasteiger partial charge in [-0.25, -0.2) is 4.79 Å². The maximum Gasteiger partial charge on any atom is 0.337 e. The summed E-state index contributed by atoms with van der Waals surface area (Å²) in [4.78, 5) is 28.2. The fourth-order valence-electron chi connectivity index (χ4n) is 1.40. The molecule has 1 heterocycles. The van der Waals surface area contributed by atoms with Gasteiger partial charge in [0, 0.05) is 14.1 Å². The van der Waals surface area contributed by atoms with E-state index in [1.54, 1.807) is 25.9 Å². The number of carboxylic acids is 1. The van der Waals surface area contributed by atoms with Crippen molar-refractivity contribution < 1.29 is 19.4 Å². The molecule has 0 unspecified atom stereocenters. The molecule has 0 saturated carbocycles. The summed E-state index contributed by atoms with van der Waals surface area (Å²) in [6.45, 7) is 1.95. The quantitative estimate of drug-likeness (QED) is 0.786. The Bertz CT molecular complexity index is 457. The molecule has 0 aromatic carbocycles. The summed E-state index contributed by atoms with van der Waals surface area (Å²) in [6.07, 6.45) is 1.39. The second-order valence-corrected chi connectivity index (χ2v) is 3.87. The third-order valence-electron chi connectivity index (χ3n) is 2.32. The van der Waals surface area contributed by atoms with E-state index < -0.39 is 11.9 Å². The van der Waals surface area contributed by atoms with E-state index in [0.29, 0.717) is 5.69 Å². The molecule has 18 heavy (non-hydrogen) atoms. The van der Waals surface area contributed by atoms with Crippen molar-refractivity contribution in [3.8, 4) is 0 Å². The van der Waals surface area contributed by atoms with Gasteiger partial charge in [0.2, 0.25) is 0 Å². The van der Waals surface area contributed by atoms with E-state index in [0.717, 1.165) is 0 Å². The number of carbonyl (C=O) groups excluding carboxylic acids is 1. The van der Waals surface area contributed by atoms with Crippen LogP contribution in [0.1, 0.15) is 23.0 Å². The molecule has 1 N–H and O–H groups in total. The normalized spacial score (nSPS) is 9.94. The lowest BCUT2D eigenvalue weighted by atomic mass is 10.1. The Kier molecular flexibility index (Phi) is 4.65. The van der Waals surface area contributed by atoms with Gasteiger partial charge in [-0.15, -0.1) is 0 Å². The van der Waals surface area contributed by atoms with Gasteiger partial charge >= 0.3 is 11.9 Å². The summed E-state index contributed by atoms with van der Waals surface area (Å²) >= 11 is 0. The Morgan fingerprint density at radius 1 is 1.44 bits per heavy atom. The first-order chi connectivity index (χ1) is 8.45. The highest BCUT2D eigenvalue weighted by Crippen LogP contribution is 2.16. The largest absolute Gasteiger partial charge is 0.478 e. The van der Waals surface area contributed by atoms with Crippen molar-refractivity contribution in [1.82, 2.24) is 4.98 Å². The summed E-state index contributed by atoms with van der Waals surface area (Å²) in [7, 11) is 3.57. The van der Waals surface area contributed by atoms with Gasteiger partial charge in [-0.1, -0.05) is 0 Å². The van der Waals surface area contributed by atoms with Gasteiger partial charge in [0.25, 0.3) is 0 Å². The van der Waals surface area contributed by atoms with Gasteiger partial charge < -0.3 is 14.7 Å². The molecule has 0 atom stereocenters. The van der Waals surface area contributed by atoms with E-state index in [4.69, 9.17) is 9.84 Å². The number of anilines is 1. The highest BCUT2D eigenvalue weighted by Gasteiger charge is 2.16. The number of hydrogen-bond acceptors (Lipinski definition) is 5. The van der Waals surface area contributed by atoms with Gasteiger partial charge in [0.05, 0.1) is 36.2 Å². The van der Waals surface area contributed by atoms with Gasteiger partial charge in [-0.3, -0.25) is 9.78 Å². The number of nitrogens with zero attached hydrogens (tertiary/aromatic N) is 2. The predicted molar refractivity (Wildman–Crippen MR) is 65.9 cm³/mol. The smallest absolute Gasteiger partial charge is 0.337 e. The molecule has 1 rings (SSSR count). The van der Waals surface area contributed by atoms with Crippen LogP contribution in [0.15, 0.2) is 12.3 Å². The summed E-state index contributed by atoms with van der Waals surface area (Å²) in [5.74, 6) is -1.59. The Morgan fingerprint density at radius 3 is 2.61 bits per heavy atom. The Morgan fingerprint density at radius 2 is 2.11 bits per heavy atom. The lowest BCUT2D eigenvalue weighted by Gasteiger charge is -2.14. The van der Waals surface area contributed by atoms with Crippen molar-refractivity contribution in [3.05, 3.63) is 23.5 Å². The molecule has 0 aliphatic heterocycles. The summed E-state index contributed by atoms with van der Waals surface area (Å²) < 4.78 is 4.78. The minimum Gasteiger partial charge on any atom is -0.478 e. The summed E-state index contributed by atoms with van der Waals surface area (Å²) in [5, 5.41) is 9.10. The van der Waals surface area contributed by atoms with Crippen LogP contribution < -0.4 is 4.90 Å². The number of carboxylic acid groups (broad SMARTS) is 1. The minimum atomic E-state index is -1.11. The second-order valence-electron chi connectivity index (χ2n) is 3.87. The molecule has 0 radical (unpaired) electrons. The topological polar surface area (TPSA) is 79.7 Å². The van der Waals surface area contributed by atoms with Crippen LogP contribution in [0.2, 0.25) is 0 Å². The van der Waals surface area contributed by atoms with Crippen molar-refractivity contribution in [3.63, 3.8) is 0 Å². The number of rotatable bonds is 5. The Labute approximate surface area is 105 Å². The number of esters is 1. The molecular weight excluding hydrogens is 236 g/mol. The molecule has 0 fully saturated rings. The van der Waals surface area contributed by atoms with E-state index in [1.807, 2.05) is 0 Å². The Hall–Kier alpha value is -2.11. The molecule has 0 saturated heterocycles. The van der Waals surface area contributed by atoms with E-state index in [1.165, 1.54) is 12.3 Å². The number of hydrogen-bond donors (Lipinski definition) is 1. The average Bonchev–Trinajstić information content (AvgIpc) is 2.29. The van der Waals surface area contributed by atoms with Crippen molar-refractivity contribution in [2.24, 2.45) is 0 Å². The van der Waals surface area contributed by atoms with Crippen molar-refractivity contribution in [1.29, 1.82) is 0 Å². The third-order valence-corrected chi connectivity index (χ3v) is 2.32. The van der Waals surface area contributed by atoms with Crippen LogP contribution in [-0.4, -0.2) is 42.7 Å². The number of aromatic carboxylic acids is 1. The van der Waals surface area contributed by atoms with E-state index in [9.17, 15) is 9.59 Å². The maximum absolute atomic E-state index is 11.3. The SMILES string of the molecule is CCOC(=O)Cc1ncc(N(C)C)cc1C(=O)O. The highest BCUT2D eigenvalue weighted by molar-refractivity contribution is 5.91. The molecular formula is C12H16N2O4. The molecule has 6 nitrogen and oxygen atoms in total. The Balaban J connectivity index is 3.04. The monoisotopic (exact) mass is 252 g/mol. The van der Waals surface area contributed by atoms with Crippen LogP contribution in [0.25, 0.3) is 0 Å². The van der Waals surface area contributed by atoms with Crippen molar-refractivity contribution >= 4 is 17.6 Å². The van der Waals surface area contributed by atoms with E-state index >= 15 is 0 Å². The van der Waals surface area contributed by atoms with Crippen LogP contribution in [0.5, 0.6) is 0 Å². The molecule has 0 amide bonds. The first-order valence-electron chi connectivity index (χ1n) is 5.50. The average molecular weight is 252 g/mol. The molecule has 0 spiro atoms. The van der Waals surface area contributed by atoms with Crippen LogP contribution in [0, 0.1) is 0 Å². The number of carbonyl (C=O) groups is 2. The van der Waals surface area contributed by atoms with E-state index in [-0.39, 0.29) is 24.3 Å². The first-order valence-corrected chi connectivity index (χ1v) is 5.50. The van der Waals surface area contributed by atoms with Crippen molar-refractivity contribution in [2.45, 2.75) is 13.3 Å².